The van der Waals surface area contributed by atoms with E-state index in [0.29, 0.717) is 6.04 Å². The average Bonchev–Trinajstić information content (AvgIpc) is 2.75. The van der Waals surface area contributed by atoms with Crippen LogP contribution in [0.25, 0.3) is 0 Å². The molecule has 16 heavy (non-hydrogen) atoms. The Morgan fingerprint density at radius 3 is 2.69 bits per heavy atom. The van der Waals surface area contributed by atoms with Crippen molar-refractivity contribution >= 4 is 0 Å². The summed E-state index contributed by atoms with van der Waals surface area (Å²) in [4.78, 5) is 0. The SMILES string of the molecule is CCCCC(C)n1nnnc1C(C)NCC. The van der Waals surface area contributed by atoms with Crippen LogP contribution in [-0.4, -0.2) is 26.8 Å². The predicted molar refractivity (Wildman–Crippen MR) is 64.1 cm³/mol. The van der Waals surface area contributed by atoms with Gasteiger partial charge in [-0.15, -0.1) is 5.10 Å². The summed E-state index contributed by atoms with van der Waals surface area (Å²) < 4.78 is 1.95. The van der Waals surface area contributed by atoms with Crippen LogP contribution >= 0.6 is 0 Å². The van der Waals surface area contributed by atoms with Crippen LogP contribution in [0.3, 0.4) is 0 Å². The number of aromatic nitrogens is 4. The van der Waals surface area contributed by atoms with Gasteiger partial charge in [-0.1, -0.05) is 26.7 Å². The first-order valence-corrected chi connectivity index (χ1v) is 6.21. The highest BCUT2D eigenvalue weighted by Crippen LogP contribution is 2.17. The number of nitrogens with one attached hydrogen (secondary N) is 1. The third-order valence-corrected chi connectivity index (χ3v) is 2.81. The van der Waals surface area contributed by atoms with Gasteiger partial charge >= 0.3 is 0 Å². The third-order valence-electron chi connectivity index (χ3n) is 2.81. The number of rotatable bonds is 7. The Morgan fingerprint density at radius 2 is 2.06 bits per heavy atom. The standard InChI is InChI=1S/C11H23N5/c1-5-7-8-9(3)16-11(13-14-15-16)10(4)12-6-2/h9-10,12H,5-8H2,1-4H3. The molecule has 0 saturated heterocycles. The molecule has 1 aromatic rings. The van der Waals surface area contributed by atoms with Crippen molar-refractivity contribution in [3.05, 3.63) is 5.82 Å². The number of unbranched alkanes of at least 4 members (excludes halogenated alkanes) is 1. The molecule has 0 aliphatic carbocycles. The van der Waals surface area contributed by atoms with Crippen LogP contribution in [0.15, 0.2) is 0 Å². The van der Waals surface area contributed by atoms with E-state index in [4.69, 9.17) is 0 Å². The van der Waals surface area contributed by atoms with E-state index in [1.54, 1.807) is 0 Å². The maximum Gasteiger partial charge on any atom is 0.168 e. The first kappa shape index (κ1) is 13.1. The van der Waals surface area contributed by atoms with E-state index in [0.717, 1.165) is 18.8 Å². The van der Waals surface area contributed by atoms with Crippen LogP contribution in [-0.2, 0) is 0 Å². The largest absolute Gasteiger partial charge is 0.308 e. The molecular weight excluding hydrogens is 202 g/mol. The maximum atomic E-state index is 4.10. The van der Waals surface area contributed by atoms with Crippen molar-refractivity contribution in [3.63, 3.8) is 0 Å². The van der Waals surface area contributed by atoms with E-state index >= 15 is 0 Å². The summed E-state index contributed by atoms with van der Waals surface area (Å²) in [6.07, 6.45) is 3.56. The summed E-state index contributed by atoms with van der Waals surface area (Å²) in [7, 11) is 0. The second-order valence-electron chi connectivity index (χ2n) is 4.25. The molecule has 0 aromatic carbocycles. The molecular formula is C11H23N5. The molecule has 0 spiro atoms. The second-order valence-corrected chi connectivity index (χ2v) is 4.25. The number of hydrogen-bond donors (Lipinski definition) is 1. The van der Waals surface area contributed by atoms with Crippen molar-refractivity contribution in [3.8, 4) is 0 Å². The van der Waals surface area contributed by atoms with E-state index in [1.165, 1.54) is 12.8 Å². The van der Waals surface area contributed by atoms with Crippen molar-refractivity contribution in [2.24, 2.45) is 0 Å². The van der Waals surface area contributed by atoms with Crippen molar-refractivity contribution in [1.29, 1.82) is 0 Å². The van der Waals surface area contributed by atoms with E-state index in [1.807, 2.05) is 4.68 Å². The summed E-state index contributed by atoms with van der Waals surface area (Å²) >= 11 is 0. The topological polar surface area (TPSA) is 55.6 Å². The minimum Gasteiger partial charge on any atom is -0.308 e. The average molecular weight is 225 g/mol. The Morgan fingerprint density at radius 1 is 1.31 bits per heavy atom. The summed E-state index contributed by atoms with van der Waals surface area (Å²) in [6.45, 7) is 9.49. The van der Waals surface area contributed by atoms with Crippen molar-refractivity contribution in [2.75, 3.05) is 6.54 Å². The molecule has 1 heterocycles. The van der Waals surface area contributed by atoms with Gasteiger partial charge in [0.1, 0.15) is 0 Å². The molecule has 0 radical (unpaired) electrons. The lowest BCUT2D eigenvalue weighted by Gasteiger charge is -2.16. The number of tetrazole rings is 1. The van der Waals surface area contributed by atoms with Crippen molar-refractivity contribution in [1.82, 2.24) is 25.5 Å². The fourth-order valence-corrected chi connectivity index (χ4v) is 1.82. The molecule has 5 nitrogen and oxygen atoms in total. The normalized spacial score (nSPS) is 15.0. The Hall–Kier alpha value is -0.970. The van der Waals surface area contributed by atoms with Gasteiger partial charge in [-0.3, -0.25) is 0 Å². The van der Waals surface area contributed by atoms with Gasteiger partial charge in [0.05, 0.1) is 12.1 Å². The van der Waals surface area contributed by atoms with Gasteiger partial charge < -0.3 is 5.32 Å². The van der Waals surface area contributed by atoms with Gasteiger partial charge in [-0.25, -0.2) is 4.68 Å². The van der Waals surface area contributed by atoms with Gasteiger partial charge in [-0.2, -0.15) is 0 Å². The Balaban J connectivity index is 2.68. The highest BCUT2D eigenvalue weighted by Gasteiger charge is 2.17. The van der Waals surface area contributed by atoms with Crippen LogP contribution in [0.2, 0.25) is 0 Å². The van der Waals surface area contributed by atoms with Gasteiger partial charge in [0.2, 0.25) is 0 Å². The molecule has 2 unspecified atom stereocenters. The first-order chi connectivity index (χ1) is 7.70. The van der Waals surface area contributed by atoms with Gasteiger partial charge in [0.15, 0.2) is 5.82 Å². The monoisotopic (exact) mass is 225 g/mol. The Kier molecular flexibility index (Phi) is 5.38. The molecule has 1 rings (SSSR count). The third kappa shape index (κ3) is 3.27. The van der Waals surface area contributed by atoms with E-state index in [2.05, 4.69) is 48.5 Å². The zero-order valence-electron chi connectivity index (χ0n) is 10.8. The first-order valence-electron chi connectivity index (χ1n) is 6.21. The predicted octanol–water partition coefficient (Wildman–Crippen LogP) is 2.09. The number of nitrogens with zero attached hydrogens (tertiary/aromatic N) is 4. The molecule has 1 aromatic heterocycles. The van der Waals surface area contributed by atoms with E-state index in [9.17, 15) is 0 Å². The molecule has 0 fully saturated rings. The quantitative estimate of drug-likeness (QED) is 0.772. The molecule has 0 aliphatic heterocycles. The number of hydrogen-bond acceptors (Lipinski definition) is 4. The molecule has 0 amide bonds. The van der Waals surface area contributed by atoms with Crippen LogP contribution in [0.4, 0.5) is 0 Å². The van der Waals surface area contributed by atoms with Crippen LogP contribution < -0.4 is 5.32 Å². The summed E-state index contributed by atoms with van der Waals surface area (Å²) in [5.74, 6) is 0.936. The Labute approximate surface area is 97.6 Å². The minimum absolute atomic E-state index is 0.212. The van der Waals surface area contributed by atoms with Gasteiger partial charge in [-0.05, 0) is 37.2 Å². The van der Waals surface area contributed by atoms with Crippen molar-refractivity contribution in [2.45, 2.75) is 59.0 Å². The Bertz CT molecular complexity index is 296. The summed E-state index contributed by atoms with van der Waals surface area (Å²) in [5.41, 5.74) is 0. The van der Waals surface area contributed by atoms with E-state index < -0.39 is 0 Å². The zero-order valence-corrected chi connectivity index (χ0v) is 10.8. The lowest BCUT2D eigenvalue weighted by molar-refractivity contribution is 0.400. The zero-order chi connectivity index (χ0) is 12.0. The molecule has 92 valence electrons. The smallest absolute Gasteiger partial charge is 0.168 e. The molecule has 0 saturated carbocycles. The molecule has 0 bridgehead atoms. The van der Waals surface area contributed by atoms with E-state index in [-0.39, 0.29) is 6.04 Å². The highest BCUT2D eigenvalue weighted by atomic mass is 15.6. The van der Waals surface area contributed by atoms with Crippen LogP contribution in [0.1, 0.15) is 64.9 Å². The van der Waals surface area contributed by atoms with Crippen LogP contribution in [0, 0.1) is 0 Å². The fourth-order valence-electron chi connectivity index (χ4n) is 1.82. The van der Waals surface area contributed by atoms with Gasteiger partial charge in [0.25, 0.3) is 0 Å². The summed E-state index contributed by atoms with van der Waals surface area (Å²) in [5, 5.41) is 15.3. The van der Waals surface area contributed by atoms with Crippen molar-refractivity contribution < 1.29 is 0 Å². The maximum absolute atomic E-state index is 4.10. The fraction of sp³-hybridized carbons (Fsp3) is 0.909. The summed E-state index contributed by atoms with van der Waals surface area (Å²) in [6, 6.07) is 0.593. The highest BCUT2D eigenvalue weighted by molar-refractivity contribution is 4.91. The molecule has 1 N–H and O–H groups in total. The second kappa shape index (κ2) is 6.58. The lowest BCUT2D eigenvalue weighted by Crippen LogP contribution is -2.23. The van der Waals surface area contributed by atoms with Crippen LogP contribution in [0.5, 0.6) is 0 Å². The molecule has 5 heteroatoms. The lowest BCUT2D eigenvalue weighted by atomic mass is 10.1. The minimum atomic E-state index is 0.212. The van der Waals surface area contributed by atoms with Gasteiger partial charge in [0, 0.05) is 0 Å². The molecule has 2 atom stereocenters. The molecule has 0 aliphatic rings.